The highest BCUT2D eigenvalue weighted by atomic mass is 32.2. The van der Waals surface area contributed by atoms with Crippen molar-refractivity contribution in [3.8, 4) is 0 Å². The molecule has 0 saturated carbocycles. The molecular formula is C23H37NO3S. The van der Waals surface area contributed by atoms with Crippen molar-refractivity contribution >= 4 is 23.6 Å². The van der Waals surface area contributed by atoms with Crippen molar-refractivity contribution in [3.05, 3.63) is 29.8 Å². The van der Waals surface area contributed by atoms with Gasteiger partial charge < -0.3 is 10.1 Å². The van der Waals surface area contributed by atoms with Crippen molar-refractivity contribution in [2.24, 2.45) is 0 Å². The number of ether oxygens (including phenoxy) is 1. The van der Waals surface area contributed by atoms with Crippen molar-refractivity contribution in [2.75, 3.05) is 6.54 Å². The Morgan fingerprint density at radius 2 is 1.64 bits per heavy atom. The van der Waals surface area contributed by atoms with Crippen LogP contribution in [-0.4, -0.2) is 28.8 Å². The summed E-state index contributed by atoms with van der Waals surface area (Å²) < 4.78 is 4.86. The van der Waals surface area contributed by atoms with E-state index in [2.05, 4.69) is 24.4 Å². The minimum Gasteiger partial charge on any atom is -0.459 e. The second kappa shape index (κ2) is 11.5. The minimum absolute atomic E-state index is 0.141. The lowest BCUT2D eigenvalue weighted by Crippen LogP contribution is -2.36. The lowest BCUT2D eigenvalue weighted by Gasteiger charge is -2.28. The van der Waals surface area contributed by atoms with Crippen LogP contribution < -0.4 is 5.32 Å². The van der Waals surface area contributed by atoms with Crippen molar-refractivity contribution in [1.29, 1.82) is 0 Å². The summed E-state index contributed by atoms with van der Waals surface area (Å²) in [5.74, 6) is -0.0712. The normalized spacial score (nSPS) is 11.9. The first kappa shape index (κ1) is 24.5. The number of carbonyl (C=O) groups excluding carboxylic acids is 2. The van der Waals surface area contributed by atoms with Crippen LogP contribution in [0.2, 0.25) is 0 Å². The highest BCUT2D eigenvalue weighted by molar-refractivity contribution is 8.01. The van der Waals surface area contributed by atoms with Gasteiger partial charge in [-0.2, -0.15) is 0 Å². The van der Waals surface area contributed by atoms with Gasteiger partial charge in [0.1, 0.15) is 10.3 Å². The summed E-state index contributed by atoms with van der Waals surface area (Å²) in [6, 6.07) is 8.17. The van der Waals surface area contributed by atoms with E-state index in [-0.39, 0.29) is 11.9 Å². The van der Waals surface area contributed by atoms with Crippen molar-refractivity contribution in [1.82, 2.24) is 5.32 Å². The molecule has 0 aliphatic heterocycles. The van der Waals surface area contributed by atoms with Crippen molar-refractivity contribution < 1.29 is 14.3 Å². The Morgan fingerprint density at radius 3 is 2.21 bits per heavy atom. The summed E-state index contributed by atoms with van der Waals surface area (Å²) in [5, 5.41) is 2.99. The first-order chi connectivity index (χ1) is 13.0. The van der Waals surface area contributed by atoms with E-state index < -0.39 is 10.3 Å². The quantitative estimate of drug-likeness (QED) is 0.298. The average molecular weight is 408 g/mol. The van der Waals surface area contributed by atoms with E-state index >= 15 is 0 Å². The Kier molecular flexibility index (Phi) is 10.1. The molecular weight excluding hydrogens is 370 g/mol. The summed E-state index contributed by atoms with van der Waals surface area (Å²) in [4.78, 5) is 25.2. The molecule has 1 aromatic rings. The molecule has 0 radical (unpaired) electrons. The van der Waals surface area contributed by atoms with E-state index in [0.29, 0.717) is 13.0 Å². The summed E-state index contributed by atoms with van der Waals surface area (Å²) in [6.45, 7) is 12.2. The Bertz CT molecular complexity index is 618. The molecule has 0 aromatic heterocycles. The molecule has 0 aliphatic rings. The zero-order valence-corrected chi connectivity index (χ0v) is 19.2. The van der Waals surface area contributed by atoms with Crippen LogP contribution in [0.4, 0.5) is 0 Å². The molecule has 0 heterocycles. The number of unbranched alkanes of at least 4 members (excludes halogenated alkanes) is 3. The lowest BCUT2D eigenvalue weighted by atomic mass is 10.1. The molecule has 0 bridgehead atoms. The second-order valence-corrected chi connectivity index (χ2v) is 10.4. The molecule has 1 N–H and O–H groups in total. The molecule has 0 spiro atoms. The maximum atomic E-state index is 12.4. The highest BCUT2D eigenvalue weighted by Crippen LogP contribution is 2.34. The molecule has 158 valence electrons. The number of rotatable bonds is 11. The number of thioether (sulfide) groups is 1. The fourth-order valence-electron chi connectivity index (χ4n) is 2.61. The predicted molar refractivity (Wildman–Crippen MR) is 118 cm³/mol. The fourth-order valence-corrected chi connectivity index (χ4v) is 3.59. The number of benzene rings is 1. The molecule has 0 saturated heterocycles. The molecule has 0 fully saturated rings. The Hall–Kier alpha value is -1.49. The number of amides is 1. The van der Waals surface area contributed by atoms with Crippen LogP contribution in [-0.2, 0) is 20.7 Å². The van der Waals surface area contributed by atoms with Gasteiger partial charge in [-0.05, 0) is 65.2 Å². The smallest absolute Gasteiger partial charge is 0.322 e. The fraction of sp³-hybridized carbons (Fsp3) is 0.652. The van der Waals surface area contributed by atoms with E-state index in [0.717, 1.165) is 24.2 Å². The Labute approximate surface area is 175 Å². The van der Waals surface area contributed by atoms with Crippen LogP contribution in [0, 0.1) is 0 Å². The standard InChI is InChI=1S/C23H37NO3S/c1-7-8-9-10-11-20(25)24-17-16-18-12-14-19(15-13-18)28-23(5,6)21(26)27-22(2,3)4/h12-15H,7-11,16-17H2,1-6H3,(H,24,25). The number of hydrogen-bond donors (Lipinski definition) is 1. The van der Waals surface area contributed by atoms with Crippen LogP contribution in [0.5, 0.6) is 0 Å². The van der Waals surface area contributed by atoms with E-state index in [4.69, 9.17) is 4.74 Å². The van der Waals surface area contributed by atoms with Crippen LogP contribution in [0.3, 0.4) is 0 Å². The lowest BCUT2D eigenvalue weighted by molar-refractivity contribution is -0.156. The topological polar surface area (TPSA) is 55.4 Å². The largest absolute Gasteiger partial charge is 0.459 e. The third-order valence-corrected chi connectivity index (χ3v) is 5.36. The van der Waals surface area contributed by atoms with Gasteiger partial charge in [0.15, 0.2) is 0 Å². The van der Waals surface area contributed by atoms with E-state index in [1.165, 1.54) is 30.2 Å². The second-order valence-electron chi connectivity index (χ2n) is 8.67. The van der Waals surface area contributed by atoms with Gasteiger partial charge >= 0.3 is 5.97 Å². The summed E-state index contributed by atoms with van der Waals surface area (Å²) >= 11 is 1.50. The summed E-state index contributed by atoms with van der Waals surface area (Å²) in [6.07, 6.45) is 5.91. The number of esters is 1. The van der Waals surface area contributed by atoms with Gasteiger partial charge in [0.05, 0.1) is 0 Å². The molecule has 0 atom stereocenters. The minimum atomic E-state index is -0.652. The molecule has 1 aromatic carbocycles. The van der Waals surface area contributed by atoms with Gasteiger partial charge in [-0.1, -0.05) is 38.3 Å². The average Bonchev–Trinajstić information content (AvgIpc) is 2.58. The molecule has 28 heavy (non-hydrogen) atoms. The molecule has 0 aliphatic carbocycles. The third kappa shape index (κ3) is 10.2. The van der Waals surface area contributed by atoms with Gasteiger partial charge in [-0.25, -0.2) is 0 Å². The Morgan fingerprint density at radius 1 is 1.00 bits per heavy atom. The molecule has 4 nitrogen and oxygen atoms in total. The van der Waals surface area contributed by atoms with Crippen LogP contribution in [0.1, 0.15) is 79.2 Å². The van der Waals surface area contributed by atoms with Gasteiger partial charge in [-0.3, -0.25) is 9.59 Å². The highest BCUT2D eigenvalue weighted by Gasteiger charge is 2.33. The summed E-state index contributed by atoms with van der Waals surface area (Å²) in [5.41, 5.74) is 0.685. The van der Waals surface area contributed by atoms with Crippen LogP contribution in [0.15, 0.2) is 29.2 Å². The van der Waals surface area contributed by atoms with Crippen molar-refractivity contribution in [3.63, 3.8) is 0 Å². The van der Waals surface area contributed by atoms with Gasteiger partial charge in [0.25, 0.3) is 0 Å². The first-order valence-electron chi connectivity index (χ1n) is 10.3. The molecule has 0 unspecified atom stereocenters. The maximum Gasteiger partial charge on any atom is 0.322 e. The molecule has 1 amide bonds. The monoisotopic (exact) mass is 407 g/mol. The van der Waals surface area contributed by atoms with Gasteiger partial charge in [-0.15, -0.1) is 11.8 Å². The SMILES string of the molecule is CCCCCCC(=O)NCCc1ccc(SC(C)(C)C(=O)OC(C)(C)C)cc1. The van der Waals surface area contributed by atoms with Gasteiger partial charge in [0, 0.05) is 17.9 Å². The van der Waals surface area contributed by atoms with Gasteiger partial charge in [0.2, 0.25) is 5.91 Å². The zero-order valence-electron chi connectivity index (χ0n) is 18.4. The van der Waals surface area contributed by atoms with Crippen LogP contribution >= 0.6 is 11.8 Å². The molecule has 5 heteroatoms. The number of hydrogen-bond acceptors (Lipinski definition) is 4. The zero-order chi connectivity index (χ0) is 21.2. The number of carbonyl (C=O) groups is 2. The van der Waals surface area contributed by atoms with E-state index in [9.17, 15) is 9.59 Å². The van der Waals surface area contributed by atoms with E-state index in [1.807, 2.05) is 46.8 Å². The van der Waals surface area contributed by atoms with E-state index in [1.54, 1.807) is 0 Å². The van der Waals surface area contributed by atoms with Crippen molar-refractivity contribution in [2.45, 2.75) is 95.3 Å². The van der Waals surface area contributed by atoms with Crippen LogP contribution in [0.25, 0.3) is 0 Å². The Balaban J connectivity index is 2.42. The summed E-state index contributed by atoms with van der Waals surface area (Å²) in [7, 11) is 0. The first-order valence-corrected chi connectivity index (χ1v) is 11.1. The number of nitrogens with one attached hydrogen (secondary N) is 1. The maximum absolute atomic E-state index is 12.4. The predicted octanol–water partition coefficient (Wildman–Crippen LogP) is 5.53. The molecule has 1 rings (SSSR count). The third-order valence-electron chi connectivity index (χ3n) is 4.18.